The predicted octanol–water partition coefficient (Wildman–Crippen LogP) is 2.08. The molecule has 1 atom stereocenters. The van der Waals surface area contributed by atoms with Crippen LogP contribution in [-0.2, 0) is 17.9 Å². The summed E-state index contributed by atoms with van der Waals surface area (Å²) in [5.41, 5.74) is 2.21. The third-order valence-electron chi connectivity index (χ3n) is 4.80. The number of likely N-dealkylation sites (tertiary alicyclic amines) is 1. The van der Waals surface area contributed by atoms with E-state index < -0.39 is 5.97 Å². The van der Waals surface area contributed by atoms with Crippen molar-refractivity contribution in [2.45, 2.75) is 31.8 Å². The van der Waals surface area contributed by atoms with Crippen LogP contribution in [0, 0.1) is 0 Å². The first-order valence-electron chi connectivity index (χ1n) is 8.53. The molecular formula is C18H21N3O4. The third-order valence-corrected chi connectivity index (χ3v) is 4.80. The van der Waals surface area contributed by atoms with E-state index in [0.29, 0.717) is 5.92 Å². The number of piperidine rings is 1. The predicted molar refractivity (Wildman–Crippen MR) is 89.7 cm³/mol. The van der Waals surface area contributed by atoms with Gasteiger partial charge < -0.3 is 14.6 Å². The largest absolute Gasteiger partial charge is 0.480 e. The second-order valence-corrected chi connectivity index (χ2v) is 6.57. The van der Waals surface area contributed by atoms with E-state index in [-0.39, 0.29) is 13.3 Å². The lowest BCUT2D eigenvalue weighted by Gasteiger charge is -2.33. The van der Waals surface area contributed by atoms with E-state index in [0.717, 1.165) is 49.7 Å². The summed E-state index contributed by atoms with van der Waals surface area (Å²) < 4.78 is 12.4. The minimum absolute atomic E-state index is 0.0823. The summed E-state index contributed by atoms with van der Waals surface area (Å²) in [4.78, 5) is 13.4. The maximum absolute atomic E-state index is 11.0. The summed E-state index contributed by atoms with van der Waals surface area (Å²) >= 11 is 0. The van der Waals surface area contributed by atoms with Crippen LogP contribution in [0.1, 0.15) is 30.0 Å². The van der Waals surface area contributed by atoms with Gasteiger partial charge in [0.05, 0.1) is 0 Å². The van der Waals surface area contributed by atoms with Crippen molar-refractivity contribution in [1.29, 1.82) is 0 Å². The molecule has 0 bridgehead atoms. The van der Waals surface area contributed by atoms with Crippen LogP contribution < -0.4 is 9.47 Å². The van der Waals surface area contributed by atoms with Crippen molar-refractivity contribution < 1.29 is 19.4 Å². The smallest absolute Gasteiger partial charge is 0.325 e. The zero-order chi connectivity index (χ0) is 17.2. The second-order valence-electron chi connectivity index (χ2n) is 6.57. The summed E-state index contributed by atoms with van der Waals surface area (Å²) in [7, 11) is 0. The fourth-order valence-corrected chi connectivity index (χ4v) is 3.69. The van der Waals surface area contributed by atoms with Crippen LogP contribution in [0.3, 0.4) is 0 Å². The summed E-state index contributed by atoms with van der Waals surface area (Å²) in [5, 5.41) is 13.2. The van der Waals surface area contributed by atoms with Gasteiger partial charge in [-0.3, -0.25) is 14.4 Å². The van der Waals surface area contributed by atoms with Crippen LogP contribution in [0.5, 0.6) is 11.5 Å². The van der Waals surface area contributed by atoms with E-state index in [1.165, 1.54) is 5.56 Å². The average molecular weight is 343 g/mol. The Morgan fingerprint density at radius 1 is 1.28 bits per heavy atom. The van der Waals surface area contributed by atoms with E-state index in [1.807, 2.05) is 18.2 Å². The molecule has 1 aromatic heterocycles. The number of aliphatic carboxylic acids is 1. The van der Waals surface area contributed by atoms with E-state index >= 15 is 0 Å². The molecule has 1 N–H and O–H groups in total. The molecule has 7 nitrogen and oxygen atoms in total. The van der Waals surface area contributed by atoms with E-state index in [9.17, 15) is 4.79 Å². The Morgan fingerprint density at radius 2 is 2.16 bits per heavy atom. The minimum Gasteiger partial charge on any atom is -0.480 e. The van der Waals surface area contributed by atoms with Gasteiger partial charge in [0.2, 0.25) is 6.79 Å². The Hall–Kier alpha value is -2.54. The van der Waals surface area contributed by atoms with Gasteiger partial charge in [-0.05, 0) is 43.1 Å². The van der Waals surface area contributed by atoms with E-state index in [2.05, 4.69) is 16.1 Å². The molecule has 2 aromatic rings. The highest BCUT2D eigenvalue weighted by Gasteiger charge is 2.25. The number of nitrogens with zero attached hydrogens (tertiary/aromatic N) is 3. The highest BCUT2D eigenvalue weighted by molar-refractivity contribution is 5.66. The molecule has 3 heterocycles. The molecule has 0 amide bonds. The molecule has 2 aliphatic heterocycles. The highest BCUT2D eigenvalue weighted by Crippen LogP contribution is 2.33. The van der Waals surface area contributed by atoms with Crippen molar-refractivity contribution in [3.63, 3.8) is 0 Å². The van der Waals surface area contributed by atoms with Crippen LogP contribution in [0.25, 0.3) is 0 Å². The number of carboxylic acid groups (broad SMARTS) is 1. The van der Waals surface area contributed by atoms with Gasteiger partial charge in [-0.2, -0.15) is 5.10 Å². The molecule has 132 valence electrons. The van der Waals surface area contributed by atoms with Gasteiger partial charge in [-0.25, -0.2) is 0 Å². The van der Waals surface area contributed by atoms with Crippen molar-refractivity contribution in [2.24, 2.45) is 0 Å². The maximum Gasteiger partial charge on any atom is 0.325 e. The van der Waals surface area contributed by atoms with Crippen LogP contribution >= 0.6 is 0 Å². The molecule has 2 aliphatic rings. The summed E-state index contributed by atoms with van der Waals surface area (Å²) in [6.45, 7) is 3.00. The first kappa shape index (κ1) is 16.0. The molecule has 7 heteroatoms. The molecular weight excluding hydrogens is 322 g/mol. The summed E-state index contributed by atoms with van der Waals surface area (Å²) in [6.07, 6.45) is 3.84. The zero-order valence-corrected chi connectivity index (χ0v) is 13.9. The van der Waals surface area contributed by atoms with Gasteiger partial charge in [0, 0.05) is 30.9 Å². The number of carboxylic acids is 1. The summed E-state index contributed by atoms with van der Waals surface area (Å²) in [5.74, 6) is 1.06. The zero-order valence-electron chi connectivity index (χ0n) is 13.9. The first-order valence-corrected chi connectivity index (χ1v) is 8.53. The SMILES string of the molecule is O=C(O)Cn1nccc1[C@H]1CCCN(Cc2ccc3c(c2)OCO3)C1. The molecule has 0 aliphatic carbocycles. The Kier molecular flexibility index (Phi) is 4.31. The van der Waals surface area contributed by atoms with Gasteiger partial charge in [-0.1, -0.05) is 6.07 Å². The Balaban J connectivity index is 1.44. The van der Waals surface area contributed by atoms with Crippen molar-refractivity contribution in [3.8, 4) is 11.5 Å². The van der Waals surface area contributed by atoms with Gasteiger partial charge in [0.15, 0.2) is 11.5 Å². The topological polar surface area (TPSA) is 76.8 Å². The molecule has 0 radical (unpaired) electrons. The first-order chi connectivity index (χ1) is 12.2. The monoisotopic (exact) mass is 343 g/mol. The minimum atomic E-state index is -0.863. The Labute approximate surface area is 145 Å². The Bertz CT molecular complexity index is 773. The fraction of sp³-hybridized carbons (Fsp3) is 0.444. The molecule has 0 unspecified atom stereocenters. The average Bonchev–Trinajstić information content (AvgIpc) is 3.23. The van der Waals surface area contributed by atoms with Crippen molar-refractivity contribution >= 4 is 5.97 Å². The number of hydrogen-bond acceptors (Lipinski definition) is 5. The number of hydrogen-bond donors (Lipinski definition) is 1. The number of carbonyl (C=O) groups is 1. The third kappa shape index (κ3) is 3.46. The van der Waals surface area contributed by atoms with Crippen LogP contribution in [0.4, 0.5) is 0 Å². The molecule has 0 spiro atoms. The lowest BCUT2D eigenvalue weighted by molar-refractivity contribution is -0.137. The quantitative estimate of drug-likeness (QED) is 0.896. The van der Waals surface area contributed by atoms with E-state index in [4.69, 9.17) is 14.6 Å². The highest BCUT2D eigenvalue weighted by atomic mass is 16.7. The number of benzene rings is 1. The van der Waals surface area contributed by atoms with Crippen molar-refractivity contribution in [2.75, 3.05) is 19.9 Å². The molecule has 1 aromatic carbocycles. The van der Waals surface area contributed by atoms with E-state index in [1.54, 1.807) is 10.9 Å². The Morgan fingerprint density at radius 3 is 3.04 bits per heavy atom. The lowest BCUT2D eigenvalue weighted by Crippen LogP contribution is -2.35. The van der Waals surface area contributed by atoms with Gasteiger partial charge in [-0.15, -0.1) is 0 Å². The van der Waals surface area contributed by atoms with Gasteiger partial charge in [0.1, 0.15) is 6.54 Å². The van der Waals surface area contributed by atoms with Crippen LogP contribution in [0.2, 0.25) is 0 Å². The number of rotatable bonds is 5. The molecule has 1 saturated heterocycles. The maximum atomic E-state index is 11.0. The molecule has 4 rings (SSSR count). The number of ether oxygens (including phenoxy) is 2. The van der Waals surface area contributed by atoms with Crippen LogP contribution in [-0.4, -0.2) is 45.6 Å². The van der Waals surface area contributed by atoms with Gasteiger partial charge >= 0.3 is 5.97 Å². The van der Waals surface area contributed by atoms with Crippen molar-refractivity contribution in [1.82, 2.24) is 14.7 Å². The fourth-order valence-electron chi connectivity index (χ4n) is 3.69. The normalized spacial score (nSPS) is 19.9. The van der Waals surface area contributed by atoms with Gasteiger partial charge in [0.25, 0.3) is 0 Å². The number of aromatic nitrogens is 2. The molecule has 0 saturated carbocycles. The number of fused-ring (bicyclic) bond motifs is 1. The van der Waals surface area contributed by atoms with Crippen LogP contribution in [0.15, 0.2) is 30.5 Å². The second kappa shape index (κ2) is 6.76. The molecule has 25 heavy (non-hydrogen) atoms. The molecule has 1 fully saturated rings. The summed E-state index contributed by atoms with van der Waals surface area (Å²) in [6, 6.07) is 8.02. The lowest BCUT2D eigenvalue weighted by atomic mass is 9.94. The standard InChI is InChI=1S/C18H21N3O4/c22-18(23)11-21-15(5-6-19-21)14-2-1-7-20(10-14)9-13-3-4-16-17(8-13)25-12-24-16/h3-6,8,14H,1-2,7,9-12H2,(H,22,23)/t14-/m0/s1. The van der Waals surface area contributed by atoms with Crippen molar-refractivity contribution in [3.05, 3.63) is 41.7 Å².